The van der Waals surface area contributed by atoms with Gasteiger partial charge in [-0.25, -0.2) is 0 Å². The fourth-order valence-corrected chi connectivity index (χ4v) is 5.14. The molecule has 2 aromatic rings. The Kier molecular flexibility index (Phi) is 6.39. The molecule has 2 heterocycles. The van der Waals surface area contributed by atoms with Crippen molar-refractivity contribution in [2.75, 3.05) is 46.4 Å². The lowest BCUT2D eigenvalue weighted by Gasteiger charge is -2.36. The molecule has 1 aromatic carbocycles. The number of piperazine rings is 1. The zero-order valence-corrected chi connectivity index (χ0v) is 17.4. The number of para-hydroxylation sites is 1. The first-order chi connectivity index (χ1) is 13.4. The van der Waals surface area contributed by atoms with Crippen LogP contribution in [0.5, 0.6) is 0 Å². The van der Waals surface area contributed by atoms with Gasteiger partial charge in [0.05, 0.1) is 6.61 Å². The molecule has 1 aliphatic rings. The largest absolute Gasteiger partial charge is 0.451 e. The summed E-state index contributed by atoms with van der Waals surface area (Å²) in [6.45, 7) is 5.95. The van der Waals surface area contributed by atoms with Gasteiger partial charge in [-0.3, -0.25) is 4.79 Å². The molecular weight excluding hydrogens is 382 g/mol. The van der Waals surface area contributed by atoms with E-state index in [-0.39, 0.29) is 31.4 Å². The maximum Gasteiger partial charge on any atom is 0.290 e. The van der Waals surface area contributed by atoms with Gasteiger partial charge in [-0.2, -0.15) is 17.0 Å². The molecule has 28 heavy (non-hydrogen) atoms. The highest BCUT2D eigenvalue weighted by Crippen LogP contribution is 2.28. The third kappa shape index (κ3) is 3.80. The molecule has 0 atom stereocenters. The van der Waals surface area contributed by atoms with E-state index in [4.69, 9.17) is 9.15 Å². The van der Waals surface area contributed by atoms with E-state index in [1.807, 2.05) is 38.1 Å². The summed E-state index contributed by atoms with van der Waals surface area (Å²) in [5.74, 6) is 0.0336. The van der Waals surface area contributed by atoms with Crippen molar-refractivity contribution in [1.29, 1.82) is 0 Å². The summed E-state index contributed by atoms with van der Waals surface area (Å²) in [5, 5.41) is 0.857. The molecule has 0 radical (unpaired) electrons. The highest BCUT2D eigenvalue weighted by atomic mass is 32.2. The quantitative estimate of drug-likeness (QED) is 0.698. The molecule has 1 aromatic heterocycles. The molecule has 1 saturated heterocycles. The van der Waals surface area contributed by atoms with Crippen LogP contribution in [0.2, 0.25) is 0 Å². The van der Waals surface area contributed by atoms with Crippen LogP contribution in [0.1, 0.15) is 30.0 Å². The summed E-state index contributed by atoms with van der Waals surface area (Å²) in [5.41, 5.74) is 1.36. The van der Waals surface area contributed by atoms with Gasteiger partial charge in [-0.05, 0) is 6.07 Å². The van der Waals surface area contributed by atoms with Crippen LogP contribution in [0.25, 0.3) is 11.0 Å². The number of carbonyl (C=O) groups is 1. The van der Waals surface area contributed by atoms with E-state index in [1.165, 1.54) is 8.61 Å². The molecule has 0 spiro atoms. The molecule has 1 fully saturated rings. The van der Waals surface area contributed by atoms with Crippen molar-refractivity contribution >= 4 is 27.1 Å². The molecule has 1 amide bonds. The number of hydrogen-bond acceptors (Lipinski definition) is 5. The van der Waals surface area contributed by atoms with E-state index >= 15 is 0 Å². The van der Waals surface area contributed by atoms with Gasteiger partial charge < -0.3 is 14.1 Å². The minimum Gasteiger partial charge on any atom is -0.451 e. The maximum absolute atomic E-state index is 13.1. The molecule has 0 unspecified atom stereocenters. The second-order valence-corrected chi connectivity index (χ2v) is 8.55. The molecule has 0 N–H and O–H groups in total. The van der Waals surface area contributed by atoms with E-state index < -0.39 is 10.2 Å². The standard InChI is InChI=1S/C19H27N3O5S/c1-4-21(5-2)28(24,25)22-12-10-20(11-13-22)19(23)18-16(14-26-3)15-8-6-7-9-17(15)27-18/h6-9H,4-5,10-14H2,1-3H3. The van der Waals surface area contributed by atoms with Crippen LogP contribution in [0.15, 0.2) is 28.7 Å². The lowest BCUT2D eigenvalue weighted by molar-refractivity contribution is 0.0658. The normalized spacial score (nSPS) is 16.2. The molecule has 0 bridgehead atoms. The SMILES string of the molecule is CCN(CC)S(=O)(=O)N1CCN(C(=O)c2oc3ccccc3c2COC)CC1. The van der Waals surface area contributed by atoms with Gasteiger partial charge in [-0.15, -0.1) is 0 Å². The first kappa shape index (κ1) is 20.8. The van der Waals surface area contributed by atoms with Crippen LogP contribution in [-0.4, -0.2) is 74.2 Å². The van der Waals surface area contributed by atoms with Crippen LogP contribution >= 0.6 is 0 Å². The Balaban J connectivity index is 1.77. The van der Waals surface area contributed by atoms with Crippen molar-refractivity contribution in [2.45, 2.75) is 20.5 Å². The highest BCUT2D eigenvalue weighted by molar-refractivity contribution is 7.86. The first-order valence-electron chi connectivity index (χ1n) is 9.47. The molecule has 0 aliphatic carbocycles. The van der Waals surface area contributed by atoms with Gasteiger partial charge in [0.1, 0.15) is 5.58 Å². The lowest BCUT2D eigenvalue weighted by Crippen LogP contribution is -2.54. The van der Waals surface area contributed by atoms with Gasteiger partial charge >= 0.3 is 0 Å². The molecule has 1 aliphatic heterocycles. The van der Waals surface area contributed by atoms with Crippen LogP contribution < -0.4 is 0 Å². The number of methoxy groups -OCH3 is 1. The number of rotatable bonds is 7. The summed E-state index contributed by atoms with van der Waals surface area (Å²) in [6, 6.07) is 7.47. The summed E-state index contributed by atoms with van der Waals surface area (Å²) >= 11 is 0. The third-order valence-electron chi connectivity index (χ3n) is 5.07. The zero-order chi connectivity index (χ0) is 20.3. The van der Waals surface area contributed by atoms with Crippen LogP contribution in [0.3, 0.4) is 0 Å². The fraction of sp³-hybridized carbons (Fsp3) is 0.526. The summed E-state index contributed by atoms with van der Waals surface area (Å²) in [4.78, 5) is 14.7. The second-order valence-electron chi connectivity index (χ2n) is 6.62. The molecule has 9 heteroatoms. The van der Waals surface area contributed by atoms with Crippen LogP contribution in [0, 0.1) is 0 Å². The van der Waals surface area contributed by atoms with Crippen molar-refractivity contribution in [3.8, 4) is 0 Å². The van der Waals surface area contributed by atoms with E-state index in [9.17, 15) is 13.2 Å². The number of benzene rings is 1. The maximum atomic E-state index is 13.1. The van der Waals surface area contributed by atoms with Gasteiger partial charge in [-0.1, -0.05) is 32.0 Å². The monoisotopic (exact) mass is 409 g/mol. The number of hydrogen-bond donors (Lipinski definition) is 0. The van der Waals surface area contributed by atoms with Crippen molar-refractivity contribution in [2.24, 2.45) is 0 Å². The number of amides is 1. The van der Waals surface area contributed by atoms with E-state index in [0.29, 0.717) is 31.8 Å². The van der Waals surface area contributed by atoms with Gasteiger partial charge in [0.2, 0.25) is 0 Å². The summed E-state index contributed by atoms with van der Waals surface area (Å²) < 4.78 is 39.3. The molecule has 0 saturated carbocycles. The Hall–Kier alpha value is -1.94. The molecule has 154 valence electrons. The average molecular weight is 410 g/mol. The zero-order valence-electron chi connectivity index (χ0n) is 16.6. The highest BCUT2D eigenvalue weighted by Gasteiger charge is 2.34. The van der Waals surface area contributed by atoms with Gasteiger partial charge in [0.15, 0.2) is 5.76 Å². The third-order valence-corrected chi connectivity index (χ3v) is 7.25. The average Bonchev–Trinajstić information content (AvgIpc) is 3.07. The van der Waals surface area contributed by atoms with Gasteiger partial charge in [0.25, 0.3) is 16.1 Å². The van der Waals surface area contributed by atoms with Crippen LogP contribution in [0.4, 0.5) is 0 Å². The van der Waals surface area contributed by atoms with Crippen molar-refractivity contribution in [3.05, 3.63) is 35.6 Å². The Bertz CT molecular complexity index is 928. The Labute approximate surface area is 165 Å². The lowest BCUT2D eigenvalue weighted by atomic mass is 10.1. The first-order valence-corrected chi connectivity index (χ1v) is 10.9. The van der Waals surface area contributed by atoms with Crippen LogP contribution in [-0.2, 0) is 21.6 Å². The summed E-state index contributed by atoms with van der Waals surface area (Å²) in [7, 11) is -1.91. The second kappa shape index (κ2) is 8.60. The fourth-order valence-electron chi connectivity index (χ4n) is 3.54. The summed E-state index contributed by atoms with van der Waals surface area (Å²) in [6.07, 6.45) is 0. The predicted molar refractivity (Wildman–Crippen MR) is 106 cm³/mol. The minimum atomic E-state index is -3.49. The van der Waals surface area contributed by atoms with Crippen molar-refractivity contribution in [1.82, 2.24) is 13.5 Å². The number of carbonyl (C=O) groups excluding carboxylic acids is 1. The molecular formula is C19H27N3O5S. The topological polar surface area (TPSA) is 83.3 Å². The predicted octanol–water partition coefficient (Wildman–Crippen LogP) is 1.92. The Morgan fingerprint density at radius 1 is 1.14 bits per heavy atom. The molecule has 3 rings (SSSR count). The number of fused-ring (bicyclic) bond motifs is 1. The number of ether oxygens (including phenoxy) is 1. The van der Waals surface area contributed by atoms with Gasteiger partial charge in [0, 0.05) is 57.3 Å². The van der Waals surface area contributed by atoms with E-state index in [1.54, 1.807) is 12.0 Å². The number of nitrogens with zero attached hydrogens (tertiary/aromatic N) is 3. The Morgan fingerprint density at radius 2 is 1.79 bits per heavy atom. The van der Waals surface area contributed by atoms with E-state index in [0.717, 1.165) is 10.9 Å². The molecule has 8 nitrogen and oxygen atoms in total. The smallest absolute Gasteiger partial charge is 0.290 e. The van der Waals surface area contributed by atoms with Crippen molar-refractivity contribution < 1.29 is 22.4 Å². The number of furan rings is 1. The van der Waals surface area contributed by atoms with Crippen molar-refractivity contribution in [3.63, 3.8) is 0 Å². The minimum absolute atomic E-state index is 0.233. The Morgan fingerprint density at radius 3 is 2.39 bits per heavy atom. The van der Waals surface area contributed by atoms with E-state index in [2.05, 4.69) is 0 Å².